The van der Waals surface area contributed by atoms with Crippen LogP contribution in [0.15, 0.2) is 42.5 Å². The van der Waals surface area contributed by atoms with Gasteiger partial charge in [-0.25, -0.2) is 19.0 Å². The van der Waals surface area contributed by atoms with Gasteiger partial charge in [-0.05, 0) is 49.2 Å². The third-order valence-corrected chi connectivity index (χ3v) is 4.63. The van der Waals surface area contributed by atoms with Gasteiger partial charge in [0.2, 0.25) is 0 Å². The summed E-state index contributed by atoms with van der Waals surface area (Å²) in [5.41, 5.74) is 0.241. The van der Waals surface area contributed by atoms with Crippen LogP contribution in [0.25, 0.3) is 0 Å². The Hall–Kier alpha value is -3.75. The first-order chi connectivity index (χ1) is 15.4. The minimum absolute atomic E-state index is 0.116. The molecule has 168 valence electrons. The van der Waals surface area contributed by atoms with E-state index in [1.165, 1.54) is 24.3 Å². The number of ether oxygens (including phenoxy) is 2. The summed E-state index contributed by atoms with van der Waals surface area (Å²) < 4.78 is 24.4. The lowest BCUT2D eigenvalue weighted by Crippen LogP contribution is -2.37. The number of hydrogen-bond acceptors (Lipinski definition) is 6. The highest BCUT2D eigenvalue weighted by atomic mass is 19.1. The standard InChI is InChI=1S/C23H23FN2O6/c1-3-11-31-19-10-9-17(13-20(19)32-12-4-2)26-22(29)21(28)25(23(26)30)14-18(27)15-5-7-16(24)8-6-15/h5-10,13H,3-4,11-12,14H2,1-2H3. The fraction of sp³-hybridized carbons (Fsp3) is 0.304. The molecule has 2 aromatic rings. The number of imide groups is 2. The van der Waals surface area contributed by atoms with Crippen LogP contribution >= 0.6 is 0 Å². The number of halogens is 1. The number of hydrogen-bond donors (Lipinski definition) is 0. The molecule has 9 heteroatoms. The van der Waals surface area contributed by atoms with Crippen molar-refractivity contribution in [2.24, 2.45) is 0 Å². The van der Waals surface area contributed by atoms with Crippen LogP contribution in [-0.2, 0) is 9.59 Å². The minimum atomic E-state index is -1.12. The van der Waals surface area contributed by atoms with E-state index in [0.29, 0.717) is 34.5 Å². The molecule has 1 aliphatic rings. The molecule has 0 radical (unpaired) electrons. The van der Waals surface area contributed by atoms with Crippen LogP contribution in [0.5, 0.6) is 11.5 Å². The summed E-state index contributed by atoms with van der Waals surface area (Å²) in [5.74, 6) is -2.52. The Morgan fingerprint density at radius 2 is 1.50 bits per heavy atom. The zero-order chi connectivity index (χ0) is 23.3. The van der Waals surface area contributed by atoms with Gasteiger partial charge in [-0.15, -0.1) is 0 Å². The van der Waals surface area contributed by atoms with Gasteiger partial charge >= 0.3 is 17.8 Å². The Morgan fingerprint density at radius 1 is 0.875 bits per heavy atom. The number of urea groups is 1. The van der Waals surface area contributed by atoms with Crippen molar-refractivity contribution in [2.75, 3.05) is 24.7 Å². The van der Waals surface area contributed by atoms with Gasteiger partial charge in [-0.1, -0.05) is 13.8 Å². The molecule has 0 unspecified atom stereocenters. The SMILES string of the molecule is CCCOc1ccc(N2C(=O)C(=O)N(CC(=O)c3ccc(F)cc3)C2=O)cc1OCCC. The van der Waals surface area contributed by atoms with Gasteiger partial charge in [-0.2, -0.15) is 0 Å². The molecule has 0 aromatic heterocycles. The monoisotopic (exact) mass is 442 g/mol. The molecule has 3 rings (SSSR count). The maximum Gasteiger partial charge on any atom is 0.339 e. The fourth-order valence-electron chi connectivity index (χ4n) is 3.04. The highest BCUT2D eigenvalue weighted by molar-refractivity contribution is 6.53. The number of Topliss-reactive ketones (excluding diaryl/α,β-unsaturated/α-hetero) is 1. The minimum Gasteiger partial charge on any atom is -0.490 e. The smallest absolute Gasteiger partial charge is 0.339 e. The van der Waals surface area contributed by atoms with Gasteiger partial charge in [0.15, 0.2) is 17.3 Å². The summed E-state index contributed by atoms with van der Waals surface area (Å²) in [6.07, 6.45) is 1.51. The molecule has 8 nitrogen and oxygen atoms in total. The van der Waals surface area contributed by atoms with Crippen LogP contribution in [0.4, 0.5) is 14.9 Å². The highest BCUT2D eigenvalue weighted by Gasteiger charge is 2.46. The van der Waals surface area contributed by atoms with Crippen LogP contribution in [-0.4, -0.2) is 48.3 Å². The molecule has 1 heterocycles. The van der Waals surface area contributed by atoms with Gasteiger partial charge in [0.05, 0.1) is 25.4 Å². The van der Waals surface area contributed by atoms with E-state index in [4.69, 9.17) is 9.47 Å². The lowest BCUT2D eigenvalue weighted by molar-refractivity contribution is -0.139. The summed E-state index contributed by atoms with van der Waals surface area (Å²) in [7, 11) is 0. The molecule has 4 amide bonds. The predicted molar refractivity (Wildman–Crippen MR) is 113 cm³/mol. The number of carbonyl (C=O) groups excluding carboxylic acids is 4. The van der Waals surface area contributed by atoms with E-state index in [0.717, 1.165) is 25.0 Å². The number of nitrogens with zero attached hydrogens (tertiary/aromatic N) is 2. The topological polar surface area (TPSA) is 93.2 Å². The number of carbonyl (C=O) groups is 4. The van der Waals surface area contributed by atoms with Crippen LogP contribution in [0.1, 0.15) is 37.0 Å². The van der Waals surface area contributed by atoms with E-state index < -0.39 is 36.0 Å². The van der Waals surface area contributed by atoms with Crippen molar-refractivity contribution in [3.63, 3.8) is 0 Å². The molecule has 1 fully saturated rings. The van der Waals surface area contributed by atoms with Gasteiger partial charge in [0, 0.05) is 11.6 Å². The average Bonchev–Trinajstić information content (AvgIpc) is 3.00. The van der Waals surface area contributed by atoms with E-state index in [1.807, 2.05) is 13.8 Å². The number of anilines is 1. The molecule has 1 saturated heterocycles. The molecule has 1 aliphatic heterocycles. The normalized spacial score (nSPS) is 13.7. The predicted octanol–water partition coefficient (Wildman–Crippen LogP) is 3.58. The van der Waals surface area contributed by atoms with Crippen molar-refractivity contribution >= 4 is 29.3 Å². The van der Waals surface area contributed by atoms with Crippen molar-refractivity contribution in [2.45, 2.75) is 26.7 Å². The molecule has 2 aromatic carbocycles. The summed E-state index contributed by atoms with van der Waals surface area (Å²) >= 11 is 0. The van der Waals surface area contributed by atoms with E-state index in [1.54, 1.807) is 6.07 Å². The average molecular weight is 442 g/mol. The lowest BCUT2D eigenvalue weighted by atomic mass is 10.1. The second-order valence-corrected chi connectivity index (χ2v) is 7.07. The number of rotatable bonds is 10. The van der Waals surface area contributed by atoms with E-state index in [2.05, 4.69) is 0 Å². The Kier molecular flexibility index (Phi) is 7.19. The fourth-order valence-corrected chi connectivity index (χ4v) is 3.04. The third kappa shape index (κ3) is 4.77. The first kappa shape index (κ1) is 22.9. The lowest BCUT2D eigenvalue weighted by Gasteiger charge is -2.18. The third-order valence-electron chi connectivity index (χ3n) is 4.63. The number of benzene rings is 2. The van der Waals surface area contributed by atoms with Gasteiger partial charge < -0.3 is 9.47 Å². The molecule has 0 spiro atoms. The van der Waals surface area contributed by atoms with Crippen LogP contribution in [0.2, 0.25) is 0 Å². The molecule has 0 aliphatic carbocycles. The Bertz CT molecular complexity index is 1040. The van der Waals surface area contributed by atoms with Crippen LogP contribution in [0, 0.1) is 5.82 Å². The van der Waals surface area contributed by atoms with Crippen molar-refractivity contribution in [1.82, 2.24) is 4.90 Å². The summed E-state index contributed by atoms with van der Waals surface area (Å²) in [6, 6.07) is 8.22. The van der Waals surface area contributed by atoms with Crippen LogP contribution in [0.3, 0.4) is 0 Å². The van der Waals surface area contributed by atoms with Crippen molar-refractivity contribution in [3.05, 3.63) is 53.8 Å². The molecule has 32 heavy (non-hydrogen) atoms. The maximum absolute atomic E-state index is 13.1. The summed E-state index contributed by atoms with van der Waals surface area (Å²) in [5, 5.41) is 0. The van der Waals surface area contributed by atoms with Gasteiger partial charge in [0.1, 0.15) is 5.82 Å². The maximum atomic E-state index is 13.1. The van der Waals surface area contributed by atoms with Gasteiger partial charge in [0.25, 0.3) is 0 Å². The summed E-state index contributed by atoms with van der Waals surface area (Å²) in [6.45, 7) is 4.10. The second-order valence-electron chi connectivity index (χ2n) is 7.07. The van der Waals surface area contributed by atoms with Crippen molar-refractivity contribution < 1.29 is 33.0 Å². The zero-order valence-corrected chi connectivity index (χ0v) is 17.8. The molecule has 0 atom stereocenters. The first-order valence-corrected chi connectivity index (χ1v) is 10.3. The van der Waals surface area contributed by atoms with E-state index in [9.17, 15) is 23.6 Å². The van der Waals surface area contributed by atoms with Crippen LogP contribution < -0.4 is 14.4 Å². The zero-order valence-electron chi connectivity index (χ0n) is 17.8. The van der Waals surface area contributed by atoms with Crippen molar-refractivity contribution in [3.8, 4) is 11.5 Å². The molecule has 0 bridgehead atoms. The Morgan fingerprint density at radius 3 is 2.12 bits per heavy atom. The van der Waals surface area contributed by atoms with Crippen molar-refractivity contribution in [1.29, 1.82) is 0 Å². The Balaban J connectivity index is 1.84. The molecule has 0 N–H and O–H groups in total. The van der Waals surface area contributed by atoms with Gasteiger partial charge in [-0.3, -0.25) is 14.4 Å². The number of amides is 4. The Labute approximate surface area is 184 Å². The number of ketones is 1. The molecule has 0 saturated carbocycles. The van der Waals surface area contributed by atoms with E-state index in [-0.39, 0.29) is 11.3 Å². The quantitative estimate of drug-likeness (QED) is 0.317. The second kappa shape index (κ2) is 10.0. The highest BCUT2D eigenvalue weighted by Crippen LogP contribution is 2.34. The molecular weight excluding hydrogens is 419 g/mol. The first-order valence-electron chi connectivity index (χ1n) is 10.3. The largest absolute Gasteiger partial charge is 0.490 e. The summed E-state index contributed by atoms with van der Waals surface area (Å²) in [4.78, 5) is 51.5. The molecular formula is C23H23FN2O6. The van der Waals surface area contributed by atoms with E-state index >= 15 is 0 Å².